The summed E-state index contributed by atoms with van der Waals surface area (Å²) in [7, 11) is 1.49. The Balaban J connectivity index is 1.68. The number of carbonyl (C=O) groups excluding carboxylic acids is 1. The predicted octanol–water partition coefficient (Wildman–Crippen LogP) is 5.76. The number of hydrogen-bond donors (Lipinski definition) is 1. The summed E-state index contributed by atoms with van der Waals surface area (Å²) in [5, 5.41) is 8.01. The second kappa shape index (κ2) is 8.06. The maximum absolute atomic E-state index is 13.1. The molecule has 0 radical (unpaired) electrons. The fourth-order valence-corrected chi connectivity index (χ4v) is 3.86. The molecule has 0 atom stereocenters. The van der Waals surface area contributed by atoms with Crippen molar-refractivity contribution in [2.24, 2.45) is 0 Å². The van der Waals surface area contributed by atoms with E-state index in [2.05, 4.69) is 15.4 Å². The molecule has 33 heavy (non-hydrogen) atoms. The van der Waals surface area contributed by atoms with Crippen LogP contribution < -0.4 is 10.1 Å². The molecule has 4 rings (SSSR count). The number of nitrogens with one attached hydrogen (secondary N) is 1. The van der Waals surface area contributed by atoms with Gasteiger partial charge >= 0.3 is 12.4 Å². The normalized spacial score (nSPS) is 12.2. The fraction of sp³-hybridized carbons (Fsp3) is 0.150. The van der Waals surface area contributed by atoms with Crippen LogP contribution in [-0.2, 0) is 12.4 Å². The van der Waals surface area contributed by atoms with E-state index in [1.54, 1.807) is 29.6 Å². The van der Waals surface area contributed by atoms with Gasteiger partial charge in [-0.2, -0.15) is 31.3 Å². The molecule has 0 fully saturated rings. The summed E-state index contributed by atoms with van der Waals surface area (Å²) in [6.45, 7) is 0. The van der Waals surface area contributed by atoms with Crippen LogP contribution in [0.15, 0.2) is 47.8 Å². The van der Waals surface area contributed by atoms with Crippen molar-refractivity contribution in [1.29, 1.82) is 0 Å². The maximum Gasteiger partial charge on any atom is 0.416 e. The number of methoxy groups -OCH3 is 1. The molecule has 13 heteroatoms. The molecule has 6 nitrogen and oxygen atoms in total. The molecule has 0 aliphatic heterocycles. The first-order chi connectivity index (χ1) is 15.5. The number of aromatic nitrogens is 3. The van der Waals surface area contributed by atoms with Crippen LogP contribution in [0.25, 0.3) is 16.2 Å². The summed E-state index contributed by atoms with van der Waals surface area (Å²) in [5.74, 6) is -0.959. The number of nitrogens with zero attached hydrogens (tertiary/aromatic N) is 3. The van der Waals surface area contributed by atoms with Crippen molar-refractivity contribution in [1.82, 2.24) is 14.6 Å². The Kier molecular flexibility index (Phi) is 5.52. The van der Waals surface area contributed by atoms with Gasteiger partial charge in [0.05, 0.1) is 23.9 Å². The number of para-hydroxylation sites is 1. The van der Waals surface area contributed by atoms with Gasteiger partial charge in [-0.15, -0.1) is 16.4 Å². The molecule has 0 saturated heterocycles. The van der Waals surface area contributed by atoms with Gasteiger partial charge < -0.3 is 4.74 Å². The van der Waals surface area contributed by atoms with Crippen molar-refractivity contribution in [3.8, 4) is 17.0 Å². The minimum Gasteiger partial charge on any atom is -0.496 e. The molecule has 172 valence electrons. The summed E-state index contributed by atoms with van der Waals surface area (Å²) in [5.41, 5.74) is -2.79. The van der Waals surface area contributed by atoms with Gasteiger partial charge in [0, 0.05) is 16.5 Å². The third-order valence-corrected chi connectivity index (χ3v) is 5.36. The van der Waals surface area contributed by atoms with Crippen LogP contribution >= 0.6 is 11.3 Å². The van der Waals surface area contributed by atoms with E-state index < -0.39 is 35.0 Å². The Morgan fingerprint density at radius 2 is 1.67 bits per heavy atom. The minimum absolute atomic E-state index is 0.0544. The van der Waals surface area contributed by atoms with Crippen LogP contribution in [0.3, 0.4) is 0 Å². The highest BCUT2D eigenvalue weighted by Crippen LogP contribution is 2.37. The average Bonchev–Trinajstić information content (AvgIpc) is 3.32. The van der Waals surface area contributed by atoms with Gasteiger partial charge in [-0.1, -0.05) is 12.1 Å². The SMILES string of the molecule is COc1ccccc1-c1csc2nc(NC(=O)c3cc(C(F)(F)F)cc(C(F)(F)F)c3)nn12. The molecule has 0 saturated carbocycles. The summed E-state index contributed by atoms with van der Waals surface area (Å²) in [4.78, 5) is 16.9. The molecule has 0 bridgehead atoms. The predicted molar refractivity (Wildman–Crippen MR) is 107 cm³/mol. The lowest BCUT2D eigenvalue weighted by atomic mass is 10.0. The summed E-state index contributed by atoms with van der Waals surface area (Å²) < 4.78 is 85.0. The fourth-order valence-electron chi connectivity index (χ4n) is 3.04. The van der Waals surface area contributed by atoms with Crippen molar-refractivity contribution in [2.45, 2.75) is 12.4 Å². The van der Waals surface area contributed by atoms with Gasteiger partial charge in [0.15, 0.2) is 0 Å². The zero-order valence-electron chi connectivity index (χ0n) is 16.5. The van der Waals surface area contributed by atoms with Crippen molar-refractivity contribution in [2.75, 3.05) is 12.4 Å². The first-order valence-electron chi connectivity index (χ1n) is 9.06. The first-order valence-corrected chi connectivity index (χ1v) is 9.94. The number of rotatable bonds is 4. The maximum atomic E-state index is 13.1. The van der Waals surface area contributed by atoms with E-state index in [0.29, 0.717) is 34.1 Å². The number of benzene rings is 2. The standard InChI is InChI=1S/C20H12F6N4O2S/c1-32-15-5-3-2-4-13(15)14-9-33-18-28-17(29-30(14)18)27-16(31)10-6-11(19(21,22)23)8-12(7-10)20(24,25)26/h2-9H,1H3,(H,27,29,31). The Labute approximate surface area is 185 Å². The highest BCUT2D eigenvalue weighted by molar-refractivity contribution is 7.15. The summed E-state index contributed by atoms with van der Waals surface area (Å²) in [6.07, 6.45) is -10.1. The van der Waals surface area contributed by atoms with Gasteiger partial charge in [0.2, 0.25) is 4.96 Å². The number of anilines is 1. The molecule has 4 aromatic rings. The molecule has 1 amide bonds. The van der Waals surface area contributed by atoms with Crippen molar-refractivity contribution >= 4 is 28.2 Å². The zero-order valence-corrected chi connectivity index (χ0v) is 17.3. The smallest absolute Gasteiger partial charge is 0.416 e. The number of alkyl halides is 6. The molecular weight excluding hydrogens is 474 g/mol. The number of fused-ring (bicyclic) bond motifs is 1. The highest BCUT2D eigenvalue weighted by Gasteiger charge is 2.37. The van der Waals surface area contributed by atoms with Crippen LogP contribution in [0.2, 0.25) is 0 Å². The molecule has 1 N–H and O–H groups in total. The van der Waals surface area contributed by atoms with E-state index in [1.165, 1.54) is 23.0 Å². The third kappa shape index (κ3) is 4.49. The number of hydrogen-bond acceptors (Lipinski definition) is 5. The zero-order chi connectivity index (χ0) is 24.0. The van der Waals surface area contributed by atoms with Gasteiger partial charge in [-0.3, -0.25) is 10.1 Å². The van der Waals surface area contributed by atoms with Gasteiger partial charge in [0.1, 0.15) is 5.75 Å². The number of halogens is 6. The summed E-state index contributed by atoms with van der Waals surface area (Å²) in [6, 6.07) is 7.65. The largest absolute Gasteiger partial charge is 0.496 e. The molecule has 2 aromatic carbocycles. The van der Waals surface area contributed by atoms with Crippen LogP contribution in [0.5, 0.6) is 5.75 Å². The Morgan fingerprint density at radius 1 is 1.03 bits per heavy atom. The van der Waals surface area contributed by atoms with Crippen molar-refractivity contribution < 1.29 is 35.9 Å². The van der Waals surface area contributed by atoms with Crippen LogP contribution in [0, 0.1) is 0 Å². The Bertz CT molecular complexity index is 1310. The molecule has 0 aliphatic carbocycles. The van der Waals surface area contributed by atoms with Gasteiger partial charge in [0.25, 0.3) is 11.9 Å². The molecule has 0 unspecified atom stereocenters. The number of amides is 1. The van der Waals surface area contributed by atoms with E-state index in [0.717, 1.165) is 0 Å². The van der Waals surface area contributed by atoms with E-state index in [9.17, 15) is 31.1 Å². The first kappa shape index (κ1) is 22.6. The van der Waals surface area contributed by atoms with Gasteiger partial charge in [-0.25, -0.2) is 4.52 Å². The number of carbonyl (C=O) groups is 1. The van der Waals surface area contributed by atoms with Crippen LogP contribution in [0.4, 0.5) is 32.3 Å². The van der Waals surface area contributed by atoms with E-state index >= 15 is 0 Å². The Hall–Kier alpha value is -3.61. The molecule has 0 aliphatic rings. The van der Waals surface area contributed by atoms with E-state index in [4.69, 9.17) is 4.74 Å². The number of ether oxygens (including phenoxy) is 1. The van der Waals surface area contributed by atoms with Crippen LogP contribution in [0.1, 0.15) is 21.5 Å². The van der Waals surface area contributed by atoms with Crippen molar-refractivity contribution in [3.63, 3.8) is 0 Å². The van der Waals surface area contributed by atoms with Crippen LogP contribution in [-0.4, -0.2) is 27.6 Å². The lowest BCUT2D eigenvalue weighted by molar-refractivity contribution is -0.143. The molecule has 2 heterocycles. The van der Waals surface area contributed by atoms with E-state index in [1.807, 2.05) is 0 Å². The third-order valence-electron chi connectivity index (χ3n) is 4.54. The Morgan fingerprint density at radius 3 is 2.27 bits per heavy atom. The summed E-state index contributed by atoms with van der Waals surface area (Å²) >= 11 is 1.17. The molecule has 0 spiro atoms. The topological polar surface area (TPSA) is 68.5 Å². The molecule has 2 aromatic heterocycles. The second-order valence-electron chi connectivity index (χ2n) is 6.70. The number of thiazole rings is 1. The monoisotopic (exact) mass is 486 g/mol. The second-order valence-corrected chi connectivity index (χ2v) is 7.54. The van der Waals surface area contributed by atoms with Gasteiger partial charge in [-0.05, 0) is 30.3 Å². The lowest BCUT2D eigenvalue weighted by Gasteiger charge is -2.13. The van der Waals surface area contributed by atoms with Crippen molar-refractivity contribution in [3.05, 3.63) is 64.5 Å². The molecular formula is C20H12F6N4O2S. The average molecular weight is 486 g/mol. The minimum atomic E-state index is -5.07. The highest BCUT2D eigenvalue weighted by atomic mass is 32.1. The van der Waals surface area contributed by atoms with E-state index in [-0.39, 0.29) is 12.0 Å². The quantitative estimate of drug-likeness (QED) is 0.373. The lowest BCUT2D eigenvalue weighted by Crippen LogP contribution is -2.17.